The molecular weight excluding hydrogens is 399 g/mol. The van der Waals surface area contributed by atoms with Gasteiger partial charge in [-0.2, -0.15) is 0 Å². The third-order valence-corrected chi connectivity index (χ3v) is 5.83. The molecule has 8 nitrogen and oxygen atoms in total. The molecule has 31 heavy (non-hydrogen) atoms. The van der Waals surface area contributed by atoms with Crippen LogP contribution in [0.25, 0.3) is 0 Å². The van der Waals surface area contributed by atoms with Gasteiger partial charge >= 0.3 is 0 Å². The van der Waals surface area contributed by atoms with Crippen LogP contribution in [0.3, 0.4) is 0 Å². The van der Waals surface area contributed by atoms with Gasteiger partial charge in [-0.3, -0.25) is 9.59 Å². The van der Waals surface area contributed by atoms with Crippen LogP contribution in [0, 0.1) is 18.2 Å². The van der Waals surface area contributed by atoms with E-state index in [9.17, 15) is 14.0 Å². The number of rotatable bonds is 6. The monoisotopic (exact) mass is 428 g/mol. The van der Waals surface area contributed by atoms with E-state index in [0.717, 1.165) is 25.9 Å². The highest BCUT2D eigenvalue weighted by Gasteiger charge is 2.35. The lowest BCUT2D eigenvalue weighted by molar-refractivity contribution is -0.132. The van der Waals surface area contributed by atoms with Crippen LogP contribution < -0.4 is 16.4 Å². The van der Waals surface area contributed by atoms with Crippen molar-refractivity contribution in [2.45, 2.75) is 39.8 Å². The number of likely N-dealkylation sites (tertiary alicyclic amines) is 1. The van der Waals surface area contributed by atoms with E-state index in [4.69, 9.17) is 5.73 Å². The first kappa shape index (κ1) is 22.6. The number of amides is 2. The molecular formula is C22H29FN6O2. The molecule has 2 heterocycles. The van der Waals surface area contributed by atoms with Crippen LogP contribution in [0.1, 0.15) is 47.1 Å². The van der Waals surface area contributed by atoms with Gasteiger partial charge in [0.15, 0.2) is 0 Å². The first-order valence-corrected chi connectivity index (χ1v) is 10.3. The van der Waals surface area contributed by atoms with E-state index in [0.29, 0.717) is 17.0 Å². The Balaban J connectivity index is 1.55. The van der Waals surface area contributed by atoms with Gasteiger partial charge in [0.05, 0.1) is 5.56 Å². The molecule has 1 aromatic carbocycles. The quantitative estimate of drug-likeness (QED) is 0.647. The predicted octanol–water partition coefficient (Wildman–Crippen LogP) is 1.78. The van der Waals surface area contributed by atoms with Crippen molar-refractivity contribution in [1.82, 2.24) is 25.5 Å². The van der Waals surface area contributed by atoms with E-state index in [1.54, 1.807) is 19.1 Å². The molecule has 166 valence electrons. The zero-order valence-corrected chi connectivity index (χ0v) is 18.2. The lowest BCUT2D eigenvalue weighted by atomic mass is 9.79. The number of aryl methyl sites for hydroxylation is 1. The fourth-order valence-electron chi connectivity index (χ4n) is 3.51. The summed E-state index contributed by atoms with van der Waals surface area (Å²) in [6, 6.07) is 4.70. The standard InChI is InChI=1S/C22H29FN6O2/c1-14-25-13-17(19(24)28-14)20(30)26-11-15-4-5-16(18(23)10-15)12-27-21(31)22(2)6-8-29(3)9-7-22/h4-5,10,13H,6-9,11-12H2,1-3H3,(H,26,30)(H,27,31)(H2,24,25,28). The molecule has 1 aromatic heterocycles. The third kappa shape index (κ3) is 5.55. The summed E-state index contributed by atoms with van der Waals surface area (Å²) < 4.78 is 14.5. The molecule has 0 radical (unpaired) electrons. The Morgan fingerprint density at radius 1 is 1.23 bits per heavy atom. The van der Waals surface area contributed by atoms with Crippen molar-refractivity contribution in [3.63, 3.8) is 0 Å². The normalized spacial score (nSPS) is 16.0. The summed E-state index contributed by atoms with van der Waals surface area (Å²) in [5.41, 5.74) is 6.50. The van der Waals surface area contributed by atoms with Gasteiger partial charge in [-0.15, -0.1) is 0 Å². The smallest absolute Gasteiger partial charge is 0.256 e. The molecule has 0 spiro atoms. The van der Waals surface area contributed by atoms with E-state index in [1.165, 1.54) is 12.3 Å². The second-order valence-electron chi connectivity index (χ2n) is 8.37. The molecule has 0 unspecified atom stereocenters. The Bertz CT molecular complexity index is 972. The van der Waals surface area contributed by atoms with Crippen molar-refractivity contribution in [2.75, 3.05) is 25.9 Å². The van der Waals surface area contributed by atoms with Crippen molar-refractivity contribution < 1.29 is 14.0 Å². The van der Waals surface area contributed by atoms with Gasteiger partial charge in [0, 0.05) is 30.3 Å². The SMILES string of the molecule is Cc1ncc(C(=O)NCc2ccc(CNC(=O)C3(C)CCN(C)CC3)c(F)c2)c(N)n1. The highest BCUT2D eigenvalue weighted by molar-refractivity contribution is 5.97. The van der Waals surface area contributed by atoms with E-state index in [-0.39, 0.29) is 30.4 Å². The van der Waals surface area contributed by atoms with Crippen LogP contribution in [0.15, 0.2) is 24.4 Å². The molecule has 0 saturated carbocycles. The van der Waals surface area contributed by atoms with Crippen molar-refractivity contribution in [3.05, 3.63) is 52.7 Å². The van der Waals surface area contributed by atoms with Crippen LogP contribution in [0.5, 0.6) is 0 Å². The average Bonchev–Trinajstić information content (AvgIpc) is 2.73. The molecule has 2 amide bonds. The zero-order valence-electron chi connectivity index (χ0n) is 18.2. The van der Waals surface area contributed by atoms with Crippen molar-refractivity contribution >= 4 is 17.6 Å². The van der Waals surface area contributed by atoms with Crippen LogP contribution in [0.4, 0.5) is 10.2 Å². The number of piperidine rings is 1. The molecule has 0 atom stereocenters. The number of carbonyl (C=O) groups is 2. The zero-order chi connectivity index (χ0) is 22.6. The van der Waals surface area contributed by atoms with Crippen molar-refractivity contribution in [1.29, 1.82) is 0 Å². The van der Waals surface area contributed by atoms with Crippen molar-refractivity contribution in [3.8, 4) is 0 Å². The summed E-state index contributed by atoms with van der Waals surface area (Å²) in [7, 11) is 2.04. The highest BCUT2D eigenvalue weighted by atomic mass is 19.1. The fourth-order valence-corrected chi connectivity index (χ4v) is 3.51. The topological polar surface area (TPSA) is 113 Å². The molecule has 3 rings (SSSR count). The molecule has 2 aromatic rings. The maximum atomic E-state index is 14.5. The number of aromatic nitrogens is 2. The molecule has 1 saturated heterocycles. The molecule has 1 aliphatic rings. The molecule has 4 N–H and O–H groups in total. The number of halogens is 1. The lowest BCUT2D eigenvalue weighted by Crippen LogP contribution is -2.46. The first-order chi connectivity index (χ1) is 14.7. The molecule has 0 aliphatic carbocycles. The Kier molecular flexibility index (Phi) is 6.84. The van der Waals surface area contributed by atoms with Crippen molar-refractivity contribution in [2.24, 2.45) is 5.41 Å². The van der Waals surface area contributed by atoms with Crippen LogP contribution in [0.2, 0.25) is 0 Å². The molecule has 1 aliphatic heterocycles. The predicted molar refractivity (Wildman–Crippen MR) is 115 cm³/mol. The van der Waals surface area contributed by atoms with Crippen LogP contribution in [-0.4, -0.2) is 46.8 Å². The van der Waals surface area contributed by atoms with Gasteiger partial charge in [-0.05, 0) is 51.5 Å². The number of hydrogen-bond donors (Lipinski definition) is 3. The number of carbonyl (C=O) groups excluding carboxylic acids is 2. The number of nitrogens with zero attached hydrogens (tertiary/aromatic N) is 3. The van der Waals surface area contributed by atoms with Gasteiger partial charge in [0.2, 0.25) is 5.91 Å². The number of benzene rings is 1. The van der Waals surface area contributed by atoms with Crippen LogP contribution in [-0.2, 0) is 17.9 Å². The summed E-state index contributed by atoms with van der Waals surface area (Å²) in [6.07, 6.45) is 2.93. The van der Waals surface area contributed by atoms with Gasteiger partial charge in [-0.25, -0.2) is 14.4 Å². The second kappa shape index (κ2) is 9.38. The Labute approximate surface area is 181 Å². The average molecular weight is 429 g/mol. The van der Waals surface area contributed by atoms with E-state index in [1.807, 2.05) is 14.0 Å². The summed E-state index contributed by atoms with van der Waals surface area (Å²) in [6.45, 7) is 5.64. The molecule has 0 bridgehead atoms. The summed E-state index contributed by atoms with van der Waals surface area (Å²) in [5.74, 6) is -0.335. The summed E-state index contributed by atoms with van der Waals surface area (Å²) in [4.78, 5) is 35.0. The van der Waals surface area contributed by atoms with Gasteiger partial charge < -0.3 is 21.3 Å². The van der Waals surface area contributed by atoms with E-state index in [2.05, 4.69) is 25.5 Å². The first-order valence-electron chi connectivity index (χ1n) is 10.3. The number of anilines is 1. The van der Waals surface area contributed by atoms with Gasteiger partial charge in [0.25, 0.3) is 5.91 Å². The van der Waals surface area contributed by atoms with Crippen LogP contribution >= 0.6 is 0 Å². The maximum absolute atomic E-state index is 14.5. The second-order valence-corrected chi connectivity index (χ2v) is 8.37. The van der Waals surface area contributed by atoms with E-state index < -0.39 is 17.1 Å². The highest BCUT2D eigenvalue weighted by Crippen LogP contribution is 2.30. The Hall–Kier alpha value is -3.07. The summed E-state index contributed by atoms with van der Waals surface area (Å²) >= 11 is 0. The Morgan fingerprint density at radius 3 is 2.58 bits per heavy atom. The van der Waals surface area contributed by atoms with Gasteiger partial charge in [-0.1, -0.05) is 19.1 Å². The minimum atomic E-state index is -0.432. The fraction of sp³-hybridized carbons (Fsp3) is 0.455. The molecule has 9 heteroatoms. The largest absolute Gasteiger partial charge is 0.383 e. The third-order valence-electron chi connectivity index (χ3n) is 5.83. The number of nitrogens with two attached hydrogens (primary N) is 1. The Morgan fingerprint density at radius 2 is 1.94 bits per heavy atom. The minimum Gasteiger partial charge on any atom is -0.383 e. The minimum absolute atomic E-state index is 0.0470. The summed E-state index contributed by atoms with van der Waals surface area (Å²) in [5, 5.41) is 5.56. The lowest BCUT2D eigenvalue weighted by Gasteiger charge is -2.36. The molecule has 1 fully saturated rings. The number of nitrogen functional groups attached to an aromatic ring is 1. The van der Waals surface area contributed by atoms with Gasteiger partial charge in [0.1, 0.15) is 17.5 Å². The van der Waals surface area contributed by atoms with E-state index >= 15 is 0 Å². The number of nitrogens with one attached hydrogen (secondary N) is 2. The maximum Gasteiger partial charge on any atom is 0.256 e. The number of hydrogen-bond acceptors (Lipinski definition) is 6.